The predicted octanol–water partition coefficient (Wildman–Crippen LogP) is 4.64. The van der Waals surface area contributed by atoms with Gasteiger partial charge in [0, 0.05) is 42.3 Å². The lowest BCUT2D eigenvalue weighted by molar-refractivity contribution is 0.0753. The molecule has 4 nitrogen and oxygen atoms in total. The molecule has 0 saturated carbocycles. The molecule has 0 spiro atoms. The van der Waals surface area contributed by atoms with Gasteiger partial charge in [-0.2, -0.15) is 0 Å². The summed E-state index contributed by atoms with van der Waals surface area (Å²) in [6, 6.07) is 6.54. The van der Waals surface area contributed by atoms with Crippen LogP contribution in [0.15, 0.2) is 18.2 Å². The maximum atomic E-state index is 12.3. The average Bonchev–Trinajstić information content (AvgIpc) is 3.31. The highest BCUT2D eigenvalue weighted by Gasteiger charge is 2.31. The number of Topliss-reactive ketones (excluding diaryl/α,β-unsaturated/α-hetero) is 1. The van der Waals surface area contributed by atoms with Crippen molar-refractivity contribution in [1.82, 2.24) is 4.57 Å². The Morgan fingerprint density at radius 3 is 2.60 bits per heavy atom. The number of anilines is 1. The Balaban J connectivity index is 1.47. The molecule has 162 valence electrons. The Labute approximate surface area is 180 Å². The second kappa shape index (κ2) is 8.58. The first kappa shape index (κ1) is 21.2. The second-order valence-corrected chi connectivity index (χ2v) is 9.23. The molecule has 0 radical (unpaired) electrons. The van der Waals surface area contributed by atoms with E-state index in [0.717, 1.165) is 62.9 Å². The van der Waals surface area contributed by atoms with Gasteiger partial charge in [0.2, 0.25) is 0 Å². The molecule has 2 aliphatic rings. The molecule has 1 unspecified atom stereocenters. The van der Waals surface area contributed by atoms with Crippen molar-refractivity contribution in [2.75, 3.05) is 18.0 Å². The van der Waals surface area contributed by atoms with Crippen LogP contribution < -0.4 is 4.90 Å². The molecule has 1 atom stereocenters. The number of hydrogen-bond acceptors (Lipinski definition) is 3. The summed E-state index contributed by atoms with van der Waals surface area (Å²) >= 11 is 0. The Kier molecular flexibility index (Phi) is 6.06. The van der Waals surface area contributed by atoms with Crippen molar-refractivity contribution < 1.29 is 9.90 Å². The van der Waals surface area contributed by atoms with Crippen LogP contribution >= 0.6 is 0 Å². The normalized spacial score (nSPS) is 18.0. The van der Waals surface area contributed by atoms with E-state index in [2.05, 4.69) is 48.4 Å². The number of nitrogens with zero attached hydrogens (tertiary/aromatic N) is 2. The van der Waals surface area contributed by atoms with E-state index < -0.39 is 0 Å². The van der Waals surface area contributed by atoms with Crippen molar-refractivity contribution in [3.05, 3.63) is 51.8 Å². The summed E-state index contributed by atoms with van der Waals surface area (Å²) in [5.41, 5.74) is 8.69. The summed E-state index contributed by atoms with van der Waals surface area (Å²) in [6.45, 7) is 10.8. The largest absolute Gasteiger partial charge is 0.391 e. The number of hydrogen-bond donors (Lipinski definition) is 1. The molecule has 2 aromatic rings. The van der Waals surface area contributed by atoms with Crippen LogP contribution in [-0.2, 0) is 25.8 Å². The smallest absolute Gasteiger partial charge is 0.161 e. The third-order valence-corrected chi connectivity index (χ3v) is 7.49. The fourth-order valence-electron chi connectivity index (χ4n) is 5.71. The summed E-state index contributed by atoms with van der Waals surface area (Å²) in [5.74, 6) is 0.497. The summed E-state index contributed by atoms with van der Waals surface area (Å²) < 4.78 is 2.31. The van der Waals surface area contributed by atoms with Crippen LogP contribution in [0.5, 0.6) is 0 Å². The van der Waals surface area contributed by atoms with Crippen LogP contribution in [0.2, 0.25) is 0 Å². The number of fused-ring (bicyclic) bond motifs is 1. The zero-order chi connectivity index (χ0) is 21.4. The number of aliphatic hydroxyl groups excluding tert-OH is 1. The van der Waals surface area contributed by atoms with Gasteiger partial charge in [-0.1, -0.05) is 19.1 Å². The topological polar surface area (TPSA) is 45.5 Å². The van der Waals surface area contributed by atoms with Crippen LogP contribution in [0.1, 0.15) is 71.5 Å². The summed E-state index contributed by atoms with van der Waals surface area (Å²) in [6.07, 6.45) is 5.69. The quantitative estimate of drug-likeness (QED) is 0.709. The lowest BCUT2D eigenvalue weighted by atomic mass is 9.90. The van der Waals surface area contributed by atoms with E-state index in [1.165, 1.54) is 28.1 Å². The zero-order valence-corrected chi connectivity index (χ0v) is 19.0. The van der Waals surface area contributed by atoms with Crippen LogP contribution in [0.3, 0.4) is 0 Å². The number of carbonyl (C=O) groups is 1. The minimum Gasteiger partial charge on any atom is -0.391 e. The van der Waals surface area contributed by atoms with Crippen molar-refractivity contribution in [1.29, 1.82) is 0 Å². The summed E-state index contributed by atoms with van der Waals surface area (Å²) in [5, 5.41) is 11.2. The Morgan fingerprint density at radius 1 is 1.20 bits per heavy atom. The number of ketones is 1. The first-order chi connectivity index (χ1) is 14.4. The SMILES string of the molecule is CCc1c(C(C)=O)c2c(n1CC(O)C1CCN(c3cccc(C)c3C)CC1)CCC2. The molecular weight excluding hydrogens is 372 g/mol. The number of piperidine rings is 1. The third kappa shape index (κ3) is 3.71. The molecule has 1 aromatic heterocycles. The first-order valence-electron chi connectivity index (χ1n) is 11.7. The van der Waals surface area contributed by atoms with E-state index >= 15 is 0 Å². The summed E-state index contributed by atoms with van der Waals surface area (Å²) in [7, 11) is 0. The van der Waals surface area contributed by atoms with Crippen LogP contribution in [0.4, 0.5) is 5.69 Å². The third-order valence-electron chi connectivity index (χ3n) is 7.49. The molecule has 0 amide bonds. The van der Waals surface area contributed by atoms with Gasteiger partial charge in [-0.05, 0) is 88.0 Å². The van der Waals surface area contributed by atoms with Gasteiger partial charge >= 0.3 is 0 Å². The number of aromatic nitrogens is 1. The van der Waals surface area contributed by atoms with E-state index in [-0.39, 0.29) is 11.9 Å². The van der Waals surface area contributed by atoms with Gasteiger partial charge in [-0.3, -0.25) is 4.79 Å². The molecular formula is C26H36N2O2. The van der Waals surface area contributed by atoms with Gasteiger partial charge in [-0.15, -0.1) is 0 Å². The summed E-state index contributed by atoms with van der Waals surface area (Å²) in [4.78, 5) is 14.8. The molecule has 1 aromatic carbocycles. The number of aryl methyl sites for hydroxylation is 1. The fourth-order valence-corrected chi connectivity index (χ4v) is 5.71. The predicted molar refractivity (Wildman–Crippen MR) is 123 cm³/mol. The standard InChI is InChI=1S/C26H36N2O2/c1-5-22-26(19(4)29)21-9-7-11-24(21)28(22)16-25(30)20-12-14-27(15-13-20)23-10-6-8-17(2)18(23)3/h6,8,10,20,25,30H,5,7,9,11-16H2,1-4H3. The molecule has 1 saturated heterocycles. The van der Waals surface area contributed by atoms with E-state index in [1.807, 2.05) is 0 Å². The molecule has 4 rings (SSSR count). The van der Waals surface area contributed by atoms with E-state index in [4.69, 9.17) is 0 Å². The number of benzene rings is 1. The molecule has 30 heavy (non-hydrogen) atoms. The van der Waals surface area contributed by atoms with E-state index in [1.54, 1.807) is 6.92 Å². The van der Waals surface area contributed by atoms with Crippen LogP contribution in [0.25, 0.3) is 0 Å². The highest BCUT2D eigenvalue weighted by atomic mass is 16.3. The molecule has 1 fully saturated rings. The van der Waals surface area contributed by atoms with Gasteiger partial charge in [0.1, 0.15) is 0 Å². The molecule has 1 aliphatic carbocycles. The Morgan fingerprint density at radius 2 is 1.93 bits per heavy atom. The average molecular weight is 409 g/mol. The van der Waals surface area contributed by atoms with Gasteiger partial charge in [0.05, 0.1) is 6.10 Å². The molecule has 2 heterocycles. The van der Waals surface area contributed by atoms with Crippen molar-refractivity contribution in [3.63, 3.8) is 0 Å². The minimum absolute atomic E-state index is 0.181. The van der Waals surface area contributed by atoms with Crippen molar-refractivity contribution in [2.45, 2.75) is 78.9 Å². The number of carbonyl (C=O) groups excluding carboxylic acids is 1. The van der Waals surface area contributed by atoms with Crippen molar-refractivity contribution in [3.8, 4) is 0 Å². The maximum absolute atomic E-state index is 12.3. The van der Waals surface area contributed by atoms with Gasteiger partial charge < -0.3 is 14.6 Å². The maximum Gasteiger partial charge on any atom is 0.161 e. The Bertz CT molecular complexity index is 935. The van der Waals surface area contributed by atoms with Crippen molar-refractivity contribution in [2.24, 2.45) is 5.92 Å². The van der Waals surface area contributed by atoms with Gasteiger partial charge in [-0.25, -0.2) is 0 Å². The van der Waals surface area contributed by atoms with Gasteiger partial charge in [0.25, 0.3) is 0 Å². The monoisotopic (exact) mass is 408 g/mol. The fraction of sp³-hybridized carbons (Fsp3) is 0.577. The second-order valence-electron chi connectivity index (χ2n) is 9.23. The lowest BCUT2D eigenvalue weighted by Crippen LogP contribution is -2.39. The molecule has 1 N–H and O–H groups in total. The van der Waals surface area contributed by atoms with Crippen molar-refractivity contribution >= 4 is 11.5 Å². The van der Waals surface area contributed by atoms with E-state index in [9.17, 15) is 9.90 Å². The van der Waals surface area contributed by atoms with Gasteiger partial charge in [0.15, 0.2) is 5.78 Å². The van der Waals surface area contributed by atoms with E-state index in [0.29, 0.717) is 12.5 Å². The van der Waals surface area contributed by atoms with Crippen LogP contribution in [0, 0.1) is 19.8 Å². The number of aliphatic hydroxyl groups is 1. The molecule has 0 bridgehead atoms. The Hall–Kier alpha value is -2.07. The lowest BCUT2D eigenvalue weighted by Gasteiger charge is -2.37. The van der Waals surface area contributed by atoms with Crippen LogP contribution in [-0.4, -0.2) is 34.7 Å². The highest BCUT2D eigenvalue weighted by molar-refractivity contribution is 5.97. The zero-order valence-electron chi connectivity index (χ0n) is 19.0. The molecule has 4 heteroatoms. The minimum atomic E-state index is -0.354. The molecule has 1 aliphatic heterocycles. The first-order valence-corrected chi connectivity index (χ1v) is 11.7. The highest BCUT2D eigenvalue weighted by Crippen LogP contribution is 2.34. The number of rotatable bonds is 6.